The van der Waals surface area contributed by atoms with E-state index in [0.29, 0.717) is 18.9 Å². The minimum absolute atomic E-state index is 0.189. The average molecular weight is 244 g/mol. The van der Waals surface area contributed by atoms with E-state index < -0.39 is 10.1 Å². The average Bonchev–Trinajstić information content (AvgIpc) is 2.16. The number of pyridine rings is 1. The molecule has 1 aromatic heterocycles. The molecule has 1 rings (SSSR count). The fourth-order valence-corrected chi connectivity index (χ4v) is 1.93. The standard InChI is InChI=1S/C11H17NO3S/c1-10(2)11-4-7-12(8-5-11)6-3-9-16(13,14)15/h4-5,7-8,10H,3,6,9H2,1-2H3/p+1. The molecule has 4 nitrogen and oxygen atoms in total. The van der Waals surface area contributed by atoms with Crippen LogP contribution in [0.5, 0.6) is 0 Å². The normalized spacial score (nSPS) is 12.0. The van der Waals surface area contributed by atoms with Crippen molar-refractivity contribution in [3.05, 3.63) is 30.1 Å². The summed E-state index contributed by atoms with van der Waals surface area (Å²) in [4.78, 5) is 0. The van der Waals surface area contributed by atoms with Gasteiger partial charge in [0.1, 0.15) is 6.54 Å². The van der Waals surface area contributed by atoms with Gasteiger partial charge in [-0.25, -0.2) is 4.57 Å². The summed E-state index contributed by atoms with van der Waals surface area (Å²) in [6.45, 7) is 4.84. The molecule has 16 heavy (non-hydrogen) atoms. The van der Waals surface area contributed by atoms with Crippen LogP contribution in [-0.2, 0) is 16.7 Å². The van der Waals surface area contributed by atoms with Crippen LogP contribution in [0.15, 0.2) is 24.5 Å². The van der Waals surface area contributed by atoms with Gasteiger partial charge in [0.05, 0.1) is 5.75 Å². The van der Waals surface area contributed by atoms with E-state index in [-0.39, 0.29) is 5.75 Å². The summed E-state index contributed by atoms with van der Waals surface area (Å²) in [7, 11) is -3.83. The second kappa shape index (κ2) is 5.41. The van der Waals surface area contributed by atoms with Gasteiger partial charge in [0.15, 0.2) is 12.4 Å². The molecule has 1 aromatic rings. The second-order valence-electron chi connectivity index (χ2n) is 4.16. The zero-order chi connectivity index (χ0) is 12.2. The van der Waals surface area contributed by atoms with E-state index in [2.05, 4.69) is 13.8 Å². The van der Waals surface area contributed by atoms with Gasteiger partial charge in [0.2, 0.25) is 0 Å². The first kappa shape index (κ1) is 13.1. The molecule has 0 saturated carbocycles. The summed E-state index contributed by atoms with van der Waals surface area (Å²) in [5.41, 5.74) is 1.26. The number of aryl methyl sites for hydroxylation is 1. The molecule has 5 heteroatoms. The molecule has 0 bridgehead atoms. The van der Waals surface area contributed by atoms with E-state index in [0.717, 1.165) is 0 Å². The Bertz CT molecular complexity index is 423. The third-order valence-electron chi connectivity index (χ3n) is 2.40. The molecule has 0 aromatic carbocycles. The Balaban J connectivity index is 2.50. The van der Waals surface area contributed by atoms with Gasteiger partial charge < -0.3 is 0 Å². The van der Waals surface area contributed by atoms with Gasteiger partial charge in [0, 0.05) is 18.6 Å². The van der Waals surface area contributed by atoms with Crippen molar-refractivity contribution in [2.24, 2.45) is 0 Å². The summed E-state index contributed by atoms with van der Waals surface area (Å²) >= 11 is 0. The Morgan fingerprint density at radius 2 is 1.88 bits per heavy atom. The van der Waals surface area contributed by atoms with E-state index in [1.54, 1.807) is 0 Å². The van der Waals surface area contributed by atoms with Crippen LogP contribution < -0.4 is 4.57 Å². The molecule has 0 fully saturated rings. The van der Waals surface area contributed by atoms with Gasteiger partial charge in [-0.1, -0.05) is 13.8 Å². The number of nitrogens with zero attached hydrogens (tertiary/aromatic N) is 1. The fraction of sp³-hybridized carbons (Fsp3) is 0.545. The van der Waals surface area contributed by atoms with Crippen LogP contribution in [0.4, 0.5) is 0 Å². The van der Waals surface area contributed by atoms with Crippen molar-refractivity contribution >= 4 is 10.1 Å². The molecule has 0 saturated heterocycles. The van der Waals surface area contributed by atoms with Crippen LogP contribution in [0, 0.1) is 0 Å². The highest BCUT2D eigenvalue weighted by atomic mass is 32.2. The Hall–Kier alpha value is -0.940. The van der Waals surface area contributed by atoms with E-state index in [1.165, 1.54) is 5.56 Å². The van der Waals surface area contributed by atoms with E-state index in [9.17, 15) is 8.42 Å². The Morgan fingerprint density at radius 3 is 2.31 bits per heavy atom. The van der Waals surface area contributed by atoms with Crippen LogP contribution in [0.3, 0.4) is 0 Å². The molecule has 0 atom stereocenters. The van der Waals surface area contributed by atoms with E-state index in [1.807, 2.05) is 29.1 Å². The maximum absolute atomic E-state index is 10.5. The van der Waals surface area contributed by atoms with Gasteiger partial charge in [-0.2, -0.15) is 8.42 Å². The predicted octanol–water partition coefficient (Wildman–Crippen LogP) is 1.38. The van der Waals surface area contributed by atoms with Gasteiger partial charge in [0.25, 0.3) is 10.1 Å². The quantitative estimate of drug-likeness (QED) is 0.629. The van der Waals surface area contributed by atoms with Crippen LogP contribution >= 0.6 is 0 Å². The molecular formula is C11H18NO3S+. The second-order valence-corrected chi connectivity index (χ2v) is 5.74. The summed E-state index contributed by atoms with van der Waals surface area (Å²) in [5, 5.41) is 0. The summed E-state index contributed by atoms with van der Waals surface area (Å²) in [5.74, 6) is 0.304. The zero-order valence-electron chi connectivity index (χ0n) is 9.63. The molecule has 0 amide bonds. The lowest BCUT2D eigenvalue weighted by molar-refractivity contribution is -0.696. The third-order valence-corrected chi connectivity index (χ3v) is 3.21. The predicted molar refractivity (Wildman–Crippen MR) is 61.8 cm³/mol. The number of rotatable bonds is 5. The van der Waals surface area contributed by atoms with Crippen molar-refractivity contribution in [3.8, 4) is 0 Å². The third kappa shape index (κ3) is 4.72. The van der Waals surface area contributed by atoms with Crippen molar-refractivity contribution in [2.45, 2.75) is 32.7 Å². The van der Waals surface area contributed by atoms with Gasteiger partial charge in [-0.3, -0.25) is 4.55 Å². The maximum atomic E-state index is 10.5. The van der Waals surface area contributed by atoms with Crippen LogP contribution in [0.25, 0.3) is 0 Å². The lowest BCUT2D eigenvalue weighted by Gasteiger charge is -2.03. The number of hydrogen-bond donors (Lipinski definition) is 1. The monoisotopic (exact) mass is 244 g/mol. The summed E-state index contributed by atoms with van der Waals surface area (Å²) in [6.07, 6.45) is 4.28. The van der Waals surface area contributed by atoms with Gasteiger partial charge >= 0.3 is 0 Å². The first-order valence-electron chi connectivity index (χ1n) is 5.32. The molecule has 0 spiro atoms. The van der Waals surface area contributed by atoms with Crippen LogP contribution in [0.1, 0.15) is 31.7 Å². The topological polar surface area (TPSA) is 58.2 Å². The highest BCUT2D eigenvalue weighted by Crippen LogP contribution is 2.10. The number of hydrogen-bond acceptors (Lipinski definition) is 2. The van der Waals surface area contributed by atoms with Crippen molar-refractivity contribution in [1.29, 1.82) is 0 Å². The lowest BCUT2D eigenvalue weighted by atomic mass is 10.1. The SMILES string of the molecule is CC(C)c1cc[n+](CCCS(=O)(=O)O)cc1. The molecule has 1 heterocycles. The van der Waals surface area contributed by atoms with E-state index in [4.69, 9.17) is 4.55 Å². The first-order chi connectivity index (χ1) is 7.38. The molecular weight excluding hydrogens is 226 g/mol. The van der Waals surface area contributed by atoms with Crippen molar-refractivity contribution in [1.82, 2.24) is 0 Å². The molecule has 0 aliphatic heterocycles. The number of aromatic nitrogens is 1. The minimum Gasteiger partial charge on any atom is -0.286 e. The van der Waals surface area contributed by atoms with E-state index >= 15 is 0 Å². The maximum Gasteiger partial charge on any atom is 0.265 e. The van der Waals surface area contributed by atoms with Gasteiger partial charge in [-0.05, 0) is 11.5 Å². The van der Waals surface area contributed by atoms with Crippen LogP contribution in [0.2, 0.25) is 0 Å². The molecule has 0 radical (unpaired) electrons. The van der Waals surface area contributed by atoms with Gasteiger partial charge in [-0.15, -0.1) is 0 Å². The Morgan fingerprint density at radius 1 is 1.31 bits per heavy atom. The molecule has 0 aliphatic rings. The smallest absolute Gasteiger partial charge is 0.265 e. The first-order valence-corrected chi connectivity index (χ1v) is 6.93. The summed E-state index contributed by atoms with van der Waals surface area (Å²) < 4.78 is 31.5. The Labute approximate surface area is 96.7 Å². The van der Waals surface area contributed by atoms with Crippen molar-refractivity contribution < 1.29 is 17.5 Å². The minimum atomic E-state index is -3.83. The molecule has 0 aliphatic carbocycles. The zero-order valence-corrected chi connectivity index (χ0v) is 10.4. The van der Waals surface area contributed by atoms with Crippen LogP contribution in [-0.4, -0.2) is 18.7 Å². The molecule has 90 valence electrons. The highest BCUT2D eigenvalue weighted by molar-refractivity contribution is 7.85. The highest BCUT2D eigenvalue weighted by Gasteiger charge is 2.07. The van der Waals surface area contributed by atoms with Crippen molar-refractivity contribution in [3.63, 3.8) is 0 Å². The lowest BCUT2D eigenvalue weighted by Crippen LogP contribution is -2.33. The summed E-state index contributed by atoms with van der Waals surface area (Å²) in [6, 6.07) is 4.05. The fourth-order valence-electron chi connectivity index (χ4n) is 1.43. The molecule has 1 N–H and O–H groups in total. The largest absolute Gasteiger partial charge is 0.286 e. The Kier molecular flexibility index (Phi) is 4.44. The molecule has 0 unspecified atom stereocenters. The van der Waals surface area contributed by atoms with Crippen molar-refractivity contribution in [2.75, 3.05) is 5.75 Å².